The Morgan fingerprint density at radius 3 is 2.41 bits per heavy atom. The van der Waals surface area contributed by atoms with Gasteiger partial charge in [0.1, 0.15) is 5.69 Å². The number of hydrogen-bond acceptors (Lipinski definition) is 4. The van der Waals surface area contributed by atoms with Gasteiger partial charge in [-0.15, -0.1) is 0 Å². The molecule has 0 fully saturated rings. The van der Waals surface area contributed by atoms with Gasteiger partial charge in [-0.3, -0.25) is 0 Å². The van der Waals surface area contributed by atoms with Gasteiger partial charge >= 0.3 is 5.97 Å². The highest BCUT2D eigenvalue weighted by atomic mass is 79.9. The predicted molar refractivity (Wildman–Crippen MR) is 138 cm³/mol. The lowest BCUT2D eigenvalue weighted by Crippen LogP contribution is -2.28. The fourth-order valence-electron chi connectivity index (χ4n) is 4.03. The first-order chi connectivity index (χ1) is 15.9. The molecule has 4 rings (SSSR count). The quantitative estimate of drug-likeness (QED) is 0.277. The maximum Gasteiger partial charge on any atom is 0.337 e. The van der Waals surface area contributed by atoms with Crippen molar-refractivity contribution in [2.75, 3.05) is 0 Å². The number of aliphatic carboxylic acids is 1. The van der Waals surface area contributed by atoms with E-state index in [1.807, 2.05) is 71.0 Å². The lowest BCUT2D eigenvalue weighted by atomic mass is 9.89. The van der Waals surface area contributed by atoms with Crippen LogP contribution in [0.4, 0.5) is 0 Å². The van der Waals surface area contributed by atoms with Crippen LogP contribution in [-0.2, 0) is 9.53 Å². The van der Waals surface area contributed by atoms with Gasteiger partial charge < -0.3 is 14.8 Å². The molecule has 0 unspecified atom stereocenters. The predicted octanol–water partition coefficient (Wildman–Crippen LogP) is 7.27. The van der Waals surface area contributed by atoms with Crippen molar-refractivity contribution in [3.63, 3.8) is 0 Å². The highest BCUT2D eigenvalue weighted by molar-refractivity contribution is 9.10. The van der Waals surface area contributed by atoms with Crippen molar-refractivity contribution in [3.05, 3.63) is 68.8 Å². The van der Waals surface area contributed by atoms with Crippen molar-refractivity contribution < 1.29 is 14.6 Å². The number of imidazole rings is 1. The van der Waals surface area contributed by atoms with E-state index in [1.165, 1.54) is 0 Å². The molecule has 176 valence electrons. The second-order valence-corrected chi connectivity index (χ2v) is 10.5. The number of benzene rings is 2. The molecular weight excluding hydrogens is 518 g/mol. The van der Waals surface area contributed by atoms with Gasteiger partial charge in [0.25, 0.3) is 0 Å². The van der Waals surface area contributed by atoms with E-state index in [0.29, 0.717) is 27.8 Å². The van der Waals surface area contributed by atoms with Crippen LogP contribution < -0.4 is 0 Å². The van der Waals surface area contributed by atoms with Crippen LogP contribution in [0.3, 0.4) is 0 Å². The molecule has 2 aromatic carbocycles. The minimum atomic E-state index is -1.19. The molecule has 2 aromatic heterocycles. The largest absolute Gasteiger partial charge is 0.479 e. The van der Waals surface area contributed by atoms with Crippen molar-refractivity contribution >= 4 is 44.5 Å². The molecule has 0 saturated heterocycles. The van der Waals surface area contributed by atoms with E-state index in [0.717, 1.165) is 32.2 Å². The van der Waals surface area contributed by atoms with Crippen LogP contribution in [0.5, 0.6) is 0 Å². The van der Waals surface area contributed by atoms with E-state index in [9.17, 15) is 9.90 Å². The van der Waals surface area contributed by atoms with Crippen LogP contribution >= 0.6 is 27.5 Å². The Bertz CT molecular complexity index is 1390. The van der Waals surface area contributed by atoms with Crippen LogP contribution in [0.2, 0.25) is 5.02 Å². The molecule has 4 aromatic rings. The summed E-state index contributed by atoms with van der Waals surface area (Å²) in [7, 11) is 0. The van der Waals surface area contributed by atoms with Crippen molar-refractivity contribution in [1.29, 1.82) is 0 Å². The fraction of sp³-hybridized carbons (Fsp3) is 0.269. The summed E-state index contributed by atoms with van der Waals surface area (Å²) >= 11 is 9.63. The van der Waals surface area contributed by atoms with Crippen molar-refractivity contribution in [2.45, 2.75) is 46.3 Å². The Balaban J connectivity index is 2.01. The Morgan fingerprint density at radius 1 is 1.12 bits per heavy atom. The third-order valence-electron chi connectivity index (χ3n) is 5.43. The second-order valence-electron chi connectivity index (χ2n) is 9.16. The number of pyridine rings is 1. The molecule has 2 N–H and O–H groups in total. The highest BCUT2D eigenvalue weighted by Gasteiger charge is 2.33. The number of hydrogen-bond donors (Lipinski definition) is 2. The minimum absolute atomic E-state index is 0.533. The first kappa shape index (κ1) is 24.4. The molecule has 0 aliphatic carbocycles. The maximum atomic E-state index is 12.4. The van der Waals surface area contributed by atoms with Gasteiger partial charge in [-0.25, -0.2) is 14.8 Å². The molecule has 0 saturated carbocycles. The summed E-state index contributed by atoms with van der Waals surface area (Å²) in [6.45, 7) is 9.25. The molecule has 2 heterocycles. The number of aromatic amines is 1. The zero-order valence-corrected chi connectivity index (χ0v) is 21.9. The van der Waals surface area contributed by atoms with Crippen LogP contribution in [0.1, 0.15) is 43.7 Å². The van der Waals surface area contributed by atoms with Gasteiger partial charge in [0.15, 0.2) is 11.9 Å². The van der Waals surface area contributed by atoms with Crippen molar-refractivity contribution in [2.24, 2.45) is 0 Å². The number of aromatic nitrogens is 3. The second kappa shape index (κ2) is 9.13. The number of H-pyrrole nitrogens is 1. The van der Waals surface area contributed by atoms with Gasteiger partial charge in [-0.1, -0.05) is 39.7 Å². The molecule has 0 bridgehead atoms. The Hall–Kier alpha value is -2.74. The van der Waals surface area contributed by atoms with Gasteiger partial charge in [-0.2, -0.15) is 0 Å². The third-order valence-corrected chi connectivity index (χ3v) is 6.19. The summed E-state index contributed by atoms with van der Waals surface area (Å²) in [5, 5.41) is 10.7. The number of carboxylic acid groups (broad SMARTS) is 1. The van der Waals surface area contributed by atoms with Crippen LogP contribution in [-0.4, -0.2) is 31.6 Å². The third kappa shape index (κ3) is 4.87. The maximum absolute atomic E-state index is 12.4. The van der Waals surface area contributed by atoms with Gasteiger partial charge in [0.05, 0.1) is 16.6 Å². The van der Waals surface area contributed by atoms with Gasteiger partial charge in [0, 0.05) is 20.8 Å². The summed E-state index contributed by atoms with van der Waals surface area (Å²) in [6.07, 6.45) is -1.19. The molecular formula is C26H25BrClN3O3. The fourth-order valence-corrected chi connectivity index (χ4v) is 4.47. The van der Waals surface area contributed by atoms with Crippen LogP contribution in [0.15, 0.2) is 46.9 Å². The average Bonchev–Trinajstić information content (AvgIpc) is 3.16. The summed E-state index contributed by atoms with van der Waals surface area (Å²) in [5.74, 6) is -0.477. The number of carbonyl (C=O) groups is 1. The standard InChI is InChI=1S/C26H25BrClN3O3/c1-13-20(15-6-8-16(27)9-7-15)21(23(25(32)33)34-26(3,4)5)14(2)29-22(13)24-30-18-11-10-17(28)12-19(18)31-24/h6-12,23H,1-5H3,(H,30,31)(H,32,33)/t23-/m0/s1. The summed E-state index contributed by atoms with van der Waals surface area (Å²) < 4.78 is 6.95. The van der Waals surface area contributed by atoms with Gasteiger partial charge in [0.2, 0.25) is 0 Å². The van der Waals surface area contributed by atoms with E-state index in [1.54, 1.807) is 6.07 Å². The zero-order valence-electron chi connectivity index (χ0n) is 19.5. The lowest BCUT2D eigenvalue weighted by Gasteiger charge is -2.28. The lowest BCUT2D eigenvalue weighted by molar-refractivity contribution is -0.160. The molecule has 1 atom stereocenters. The van der Waals surface area contributed by atoms with Crippen molar-refractivity contribution in [3.8, 4) is 22.6 Å². The number of carboxylic acids is 1. The first-order valence-corrected chi connectivity index (χ1v) is 11.9. The molecule has 34 heavy (non-hydrogen) atoms. The SMILES string of the molecule is Cc1nc(-c2nc3ccc(Cl)cc3[nH]2)c(C)c(-c2ccc(Br)cc2)c1[C@H](OC(C)(C)C)C(=O)O. The number of nitrogens with one attached hydrogen (secondary N) is 1. The molecule has 8 heteroatoms. The van der Waals surface area contributed by atoms with Gasteiger partial charge in [-0.05, 0) is 81.6 Å². The number of fused-ring (bicyclic) bond motifs is 1. The van der Waals surface area contributed by atoms with E-state index in [2.05, 4.69) is 20.9 Å². The monoisotopic (exact) mass is 541 g/mol. The zero-order chi connectivity index (χ0) is 24.8. The van der Waals surface area contributed by atoms with E-state index in [-0.39, 0.29) is 0 Å². The molecule has 0 aliphatic heterocycles. The first-order valence-electron chi connectivity index (χ1n) is 10.8. The number of aryl methyl sites for hydroxylation is 1. The van der Waals surface area contributed by atoms with Crippen LogP contribution in [0, 0.1) is 13.8 Å². The topological polar surface area (TPSA) is 88.1 Å². The summed E-state index contributed by atoms with van der Waals surface area (Å²) in [6, 6.07) is 13.2. The number of nitrogens with zero attached hydrogens (tertiary/aromatic N) is 2. The molecule has 0 spiro atoms. The van der Waals surface area contributed by atoms with E-state index >= 15 is 0 Å². The summed E-state index contributed by atoms with van der Waals surface area (Å²) in [5.41, 5.74) is 5.08. The average molecular weight is 543 g/mol. The highest BCUT2D eigenvalue weighted by Crippen LogP contribution is 2.40. The molecule has 0 radical (unpaired) electrons. The molecule has 6 nitrogen and oxygen atoms in total. The van der Waals surface area contributed by atoms with Crippen LogP contribution in [0.25, 0.3) is 33.7 Å². The molecule has 0 aliphatic rings. The Labute approximate surface area is 211 Å². The Morgan fingerprint density at radius 2 is 1.79 bits per heavy atom. The Kier molecular flexibility index (Phi) is 6.55. The molecule has 0 amide bonds. The number of halogens is 2. The smallest absolute Gasteiger partial charge is 0.337 e. The number of ether oxygens (including phenoxy) is 1. The van der Waals surface area contributed by atoms with Crippen molar-refractivity contribution in [1.82, 2.24) is 15.0 Å². The van der Waals surface area contributed by atoms with E-state index < -0.39 is 17.7 Å². The normalized spacial score (nSPS) is 12.8. The number of rotatable bonds is 5. The minimum Gasteiger partial charge on any atom is -0.479 e. The van der Waals surface area contributed by atoms with E-state index in [4.69, 9.17) is 26.3 Å². The summed E-state index contributed by atoms with van der Waals surface area (Å²) in [4.78, 5) is 25.2.